The van der Waals surface area contributed by atoms with Crippen molar-refractivity contribution in [2.24, 2.45) is 0 Å². The topological polar surface area (TPSA) is 53.3 Å². The summed E-state index contributed by atoms with van der Waals surface area (Å²) in [7, 11) is 0. The van der Waals surface area contributed by atoms with Gasteiger partial charge in [-0.3, -0.25) is 4.79 Å². The number of thiophene rings is 1. The molecule has 0 aliphatic carbocycles. The summed E-state index contributed by atoms with van der Waals surface area (Å²) in [5.74, 6) is 0.134. The van der Waals surface area contributed by atoms with E-state index in [4.69, 9.17) is 10.00 Å². The first kappa shape index (κ1) is 13.1. The van der Waals surface area contributed by atoms with Crippen LogP contribution in [0.5, 0.6) is 0 Å². The molecule has 0 saturated carbocycles. The van der Waals surface area contributed by atoms with Gasteiger partial charge in [0.25, 0.3) is 0 Å². The minimum atomic E-state index is 0.0127. The summed E-state index contributed by atoms with van der Waals surface area (Å²) in [6.07, 6.45) is 1.57. The van der Waals surface area contributed by atoms with Gasteiger partial charge in [-0.25, -0.2) is 0 Å². The van der Waals surface area contributed by atoms with Gasteiger partial charge < -0.3 is 9.64 Å². The maximum atomic E-state index is 12.0. The Balaban J connectivity index is 1.87. The Kier molecular flexibility index (Phi) is 4.73. The zero-order valence-corrected chi connectivity index (χ0v) is 11.0. The second-order valence-corrected chi connectivity index (χ2v) is 5.21. The molecule has 0 N–H and O–H groups in total. The van der Waals surface area contributed by atoms with E-state index in [-0.39, 0.29) is 12.0 Å². The zero-order valence-electron chi connectivity index (χ0n) is 10.2. The summed E-state index contributed by atoms with van der Waals surface area (Å²) in [6, 6.07) is 6.10. The number of morpholine rings is 1. The van der Waals surface area contributed by atoms with Gasteiger partial charge in [0.2, 0.25) is 5.91 Å². The van der Waals surface area contributed by atoms with E-state index in [0.717, 1.165) is 0 Å². The molecule has 1 aliphatic heterocycles. The normalized spacial score (nSPS) is 19.5. The average molecular weight is 264 g/mol. The third-order valence-corrected chi connectivity index (χ3v) is 3.92. The fraction of sp³-hybridized carbons (Fsp3) is 0.538. The van der Waals surface area contributed by atoms with Gasteiger partial charge in [0, 0.05) is 24.3 Å². The van der Waals surface area contributed by atoms with Crippen molar-refractivity contribution in [3.8, 4) is 6.07 Å². The van der Waals surface area contributed by atoms with Crippen molar-refractivity contribution in [2.45, 2.75) is 25.4 Å². The van der Waals surface area contributed by atoms with E-state index in [1.165, 1.54) is 4.88 Å². The zero-order chi connectivity index (χ0) is 12.8. The highest BCUT2D eigenvalue weighted by Crippen LogP contribution is 2.26. The highest BCUT2D eigenvalue weighted by Gasteiger charge is 2.25. The predicted octanol–water partition coefficient (Wildman–Crippen LogP) is 2.34. The minimum Gasteiger partial charge on any atom is -0.369 e. The van der Waals surface area contributed by atoms with Crippen molar-refractivity contribution in [1.29, 1.82) is 5.26 Å². The van der Waals surface area contributed by atoms with E-state index in [2.05, 4.69) is 6.07 Å². The lowest BCUT2D eigenvalue weighted by Gasteiger charge is -2.32. The molecule has 0 bridgehead atoms. The summed E-state index contributed by atoms with van der Waals surface area (Å²) < 4.78 is 5.69. The summed E-state index contributed by atoms with van der Waals surface area (Å²) in [4.78, 5) is 15.0. The third-order valence-electron chi connectivity index (χ3n) is 2.96. The standard InChI is InChI=1S/C13H16N2O2S/c14-6-2-1-5-13(16)15-7-8-17-11(10-15)12-4-3-9-18-12/h3-4,9,11H,1-2,5,7-8,10H2. The molecule has 1 fully saturated rings. The molecule has 0 aromatic carbocycles. The highest BCUT2D eigenvalue weighted by atomic mass is 32.1. The Morgan fingerprint density at radius 2 is 2.56 bits per heavy atom. The van der Waals surface area contributed by atoms with E-state index < -0.39 is 0 Å². The molecule has 1 unspecified atom stereocenters. The van der Waals surface area contributed by atoms with Crippen LogP contribution < -0.4 is 0 Å². The van der Waals surface area contributed by atoms with E-state index in [1.807, 2.05) is 22.4 Å². The lowest BCUT2D eigenvalue weighted by atomic mass is 10.2. The number of amides is 1. The van der Waals surface area contributed by atoms with Crippen LogP contribution in [-0.2, 0) is 9.53 Å². The second kappa shape index (κ2) is 6.53. The number of rotatable bonds is 4. The molecule has 1 aromatic rings. The lowest BCUT2D eigenvalue weighted by molar-refractivity contribution is -0.139. The Morgan fingerprint density at radius 3 is 3.28 bits per heavy atom. The van der Waals surface area contributed by atoms with Crippen molar-refractivity contribution in [3.05, 3.63) is 22.4 Å². The van der Waals surface area contributed by atoms with Gasteiger partial charge in [0.15, 0.2) is 0 Å². The van der Waals surface area contributed by atoms with Crippen LogP contribution in [0, 0.1) is 11.3 Å². The summed E-state index contributed by atoms with van der Waals surface area (Å²) in [6.45, 7) is 1.88. The molecular formula is C13H16N2O2S. The van der Waals surface area contributed by atoms with Crippen LogP contribution in [-0.4, -0.2) is 30.5 Å². The number of ether oxygens (including phenoxy) is 1. The quantitative estimate of drug-likeness (QED) is 0.784. The first-order valence-corrected chi connectivity index (χ1v) is 6.99. The SMILES string of the molecule is N#CCCCC(=O)N1CCOC(c2cccs2)C1. The number of nitrogens with zero attached hydrogens (tertiary/aromatic N) is 2. The summed E-state index contributed by atoms with van der Waals surface area (Å²) in [5.41, 5.74) is 0. The van der Waals surface area contributed by atoms with Gasteiger partial charge in [0.1, 0.15) is 6.10 Å². The number of nitriles is 1. The molecule has 4 nitrogen and oxygen atoms in total. The highest BCUT2D eigenvalue weighted by molar-refractivity contribution is 7.10. The molecule has 5 heteroatoms. The minimum absolute atomic E-state index is 0.0127. The molecule has 0 radical (unpaired) electrons. The molecule has 1 aliphatic rings. The number of carbonyl (C=O) groups is 1. The molecule has 18 heavy (non-hydrogen) atoms. The van der Waals surface area contributed by atoms with Gasteiger partial charge in [-0.05, 0) is 17.9 Å². The molecule has 1 atom stereocenters. The first-order chi connectivity index (χ1) is 8.81. The molecule has 1 aromatic heterocycles. The van der Waals surface area contributed by atoms with Gasteiger partial charge in [-0.15, -0.1) is 11.3 Å². The molecule has 96 valence electrons. The number of hydrogen-bond acceptors (Lipinski definition) is 4. The Hall–Kier alpha value is -1.38. The smallest absolute Gasteiger partial charge is 0.222 e. The largest absolute Gasteiger partial charge is 0.369 e. The van der Waals surface area contributed by atoms with Gasteiger partial charge in [0.05, 0.1) is 19.2 Å². The van der Waals surface area contributed by atoms with Crippen molar-refractivity contribution >= 4 is 17.2 Å². The molecule has 2 rings (SSSR count). The second-order valence-electron chi connectivity index (χ2n) is 4.23. The molecule has 1 amide bonds. The fourth-order valence-corrected chi connectivity index (χ4v) is 2.76. The molecule has 0 spiro atoms. The van der Waals surface area contributed by atoms with Gasteiger partial charge in [-0.2, -0.15) is 5.26 Å². The van der Waals surface area contributed by atoms with E-state index in [1.54, 1.807) is 11.3 Å². The van der Waals surface area contributed by atoms with Crippen LogP contribution in [0.25, 0.3) is 0 Å². The molecule has 2 heterocycles. The van der Waals surface area contributed by atoms with Crippen molar-refractivity contribution < 1.29 is 9.53 Å². The van der Waals surface area contributed by atoms with Gasteiger partial charge >= 0.3 is 0 Å². The molecular weight excluding hydrogens is 248 g/mol. The summed E-state index contributed by atoms with van der Waals surface area (Å²) in [5, 5.41) is 10.5. The fourth-order valence-electron chi connectivity index (χ4n) is 2.00. The Morgan fingerprint density at radius 1 is 1.67 bits per heavy atom. The van der Waals surface area contributed by atoms with Crippen LogP contribution in [0.1, 0.15) is 30.2 Å². The van der Waals surface area contributed by atoms with E-state index >= 15 is 0 Å². The maximum absolute atomic E-state index is 12.0. The predicted molar refractivity (Wildman–Crippen MR) is 69.1 cm³/mol. The van der Waals surface area contributed by atoms with Crippen molar-refractivity contribution in [1.82, 2.24) is 4.90 Å². The lowest BCUT2D eigenvalue weighted by Crippen LogP contribution is -2.41. The average Bonchev–Trinajstić information content (AvgIpc) is 2.93. The van der Waals surface area contributed by atoms with Crippen LogP contribution >= 0.6 is 11.3 Å². The number of hydrogen-bond donors (Lipinski definition) is 0. The maximum Gasteiger partial charge on any atom is 0.222 e. The van der Waals surface area contributed by atoms with Crippen LogP contribution in [0.2, 0.25) is 0 Å². The van der Waals surface area contributed by atoms with Crippen molar-refractivity contribution in [3.63, 3.8) is 0 Å². The Bertz CT molecular complexity index is 425. The van der Waals surface area contributed by atoms with Crippen LogP contribution in [0.15, 0.2) is 17.5 Å². The van der Waals surface area contributed by atoms with E-state index in [9.17, 15) is 4.79 Å². The van der Waals surface area contributed by atoms with Gasteiger partial charge in [-0.1, -0.05) is 6.07 Å². The van der Waals surface area contributed by atoms with E-state index in [0.29, 0.717) is 39.0 Å². The molecule has 1 saturated heterocycles. The third kappa shape index (κ3) is 3.31. The first-order valence-electron chi connectivity index (χ1n) is 6.11. The Labute approximate surface area is 111 Å². The summed E-state index contributed by atoms with van der Waals surface area (Å²) >= 11 is 1.66. The number of unbranched alkanes of at least 4 members (excludes halogenated alkanes) is 1. The monoisotopic (exact) mass is 264 g/mol. The van der Waals surface area contributed by atoms with Crippen LogP contribution in [0.4, 0.5) is 0 Å². The van der Waals surface area contributed by atoms with Crippen LogP contribution in [0.3, 0.4) is 0 Å². The van der Waals surface area contributed by atoms with Crippen molar-refractivity contribution in [2.75, 3.05) is 19.7 Å². The number of carbonyl (C=O) groups excluding carboxylic acids is 1.